The van der Waals surface area contributed by atoms with Gasteiger partial charge in [0, 0.05) is 16.9 Å². The SMILES string of the molecule is Nc1ncc(C(F)F)c(S(=O)(=O)Cl)c1N. The zero-order chi connectivity index (χ0) is 11.8. The van der Waals surface area contributed by atoms with Gasteiger partial charge >= 0.3 is 0 Å². The molecule has 1 heterocycles. The van der Waals surface area contributed by atoms with Gasteiger partial charge in [-0.1, -0.05) is 0 Å². The molecule has 0 saturated heterocycles. The smallest absolute Gasteiger partial charge is 0.266 e. The van der Waals surface area contributed by atoms with E-state index in [0.29, 0.717) is 6.20 Å². The van der Waals surface area contributed by atoms with Crippen LogP contribution in [0.4, 0.5) is 20.3 Å². The van der Waals surface area contributed by atoms with E-state index in [2.05, 4.69) is 4.98 Å². The largest absolute Gasteiger partial charge is 0.395 e. The van der Waals surface area contributed by atoms with Crippen molar-refractivity contribution in [2.75, 3.05) is 11.5 Å². The summed E-state index contributed by atoms with van der Waals surface area (Å²) in [6.07, 6.45) is -2.42. The van der Waals surface area contributed by atoms with E-state index in [1.807, 2.05) is 0 Å². The third-order valence-electron chi connectivity index (χ3n) is 1.60. The third-order valence-corrected chi connectivity index (χ3v) is 3.01. The second-order valence-electron chi connectivity index (χ2n) is 2.58. The topological polar surface area (TPSA) is 99.1 Å². The molecule has 4 N–H and O–H groups in total. The highest BCUT2D eigenvalue weighted by molar-refractivity contribution is 8.14. The fraction of sp³-hybridized carbons (Fsp3) is 0.167. The molecule has 5 nitrogen and oxygen atoms in total. The Labute approximate surface area is 88.5 Å². The van der Waals surface area contributed by atoms with Crippen LogP contribution in [0, 0.1) is 0 Å². The Bertz CT molecular complexity index is 491. The van der Waals surface area contributed by atoms with Crippen LogP contribution in [0.1, 0.15) is 12.0 Å². The molecule has 0 aromatic carbocycles. The van der Waals surface area contributed by atoms with Crippen molar-refractivity contribution in [1.82, 2.24) is 4.98 Å². The fourth-order valence-corrected chi connectivity index (χ4v) is 2.27. The van der Waals surface area contributed by atoms with E-state index in [1.54, 1.807) is 0 Å². The molecule has 0 atom stereocenters. The minimum absolute atomic E-state index is 0.362. The van der Waals surface area contributed by atoms with Crippen LogP contribution in [0.2, 0.25) is 0 Å². The van der Waals surface area contributed by atoms with Gasteiger partial charge < -0.3 is 11.5 Å². The van der Waals surface area contributed by atoms with Crippen molar-refractivity contribution >= 4 is 31.2 Å². The summed E-state index contributed by atoms with van der Waals surface area (Å²) in [6.45, 7) is 0. The molecular weight excluding hydrogens is 252 g/mol. The van der Waals surface area contributed by atoms with Crippen molar-refractivity contribution in [2.24, 2.45) is 0 Å². The second-order valence-corrected chi connectivity index (χ2v) is 5.08. The molecule has 1 aromatic rings. The Hall–Kier alpha value is -1.15. The van der Waals surface area contributed by atoms with Gasteiger partial charge in [-0.05, 0) is 0 Å². The fourth-order valence-electron chi connectivity index (χ4n) is 0.967. The molecule has 0 aliphatic rings. The highest BCUT2D eigenvalue weighted by Crippen LogP contribution is 2.34. The molecule has 15 heavy (non-hydrogen) atoms. The predicted molar refractivity (Wildman–Crippen MR) is 51.1 cm³/mol. The molecule has 0 spiro atoms. The van der Waals surface area contributed by atoms with Crippen molar-refractivity contribution in [3.8, 4) is 0 Å². The number of halogens is 3. The van der Waals surface area contributed by atoms with Gasteiger partial charge in [-0.25, -0.2) is 22.2 Å². The molecule has 0 unspecified atom stereocenters. The lowest BCUT2D eigenvalue weighted by atomic mass is 10.2. The van der Waals surface area contributed by atoms with Crippen molar-refractivity contribution in [3.05, 3.63) is 11.8 Å². The van der Waals surface area contributed by atoms with Gasteiger partial charge in [0.2, 0.25) is 0 Å². The van der Waals surface area contributed by atoms with E-state index in [4.69, 9.17) is 22.1 Å². The summed E-state index contributed by atoms with van der Waals surface area (Å²) >= 11 is 0. The molecule has 0 amide bonds. The van der Waals surface area contributed by atoms with Crippen molar-refractivity contribution in [3.63, 3.8) is 0 Å². The quantitative estimate of drug-likeness (QED) is 0.773. The molecule has 0 saturated carbocycles. The third kappa shape index (κ3) is 2.26. The highest BCUT2D eigenvalue weighted by Gasteiger charge is 2.26. The van der Waals surface area contributed by atoms with Gasteiger partial charge in [0.15, 0.2) is 0 Å². The standard InChI is InChI=1S/C6H6ClF2N3O2S/c7-15(13,14)4-2(5(8)9)1-12-6(11)3(4)10/h1,5H,10H2,(H2,11,12). The van der Waals surface area contributed by atoms with Gasteiger partial charge in [0.1, 0.15) is 10.7 Å². The van der Waals surface area contributed by atoms with Crippen molar-refractivity contribution < 1.29 is 17.2 Å². The number of hydrogen-bond acceptors (Lipinski definition) is 5. The van der Waals surface area contributed by atoms with Gasteiger partial charge in [-0.15, -0.1) is 0 Å². The van der Waals surface area contributed by atoms with E-state index in [9.17, 15) is 17.2 Å². The number of rotatable bonds is 2. The molecule has 0 fully saturated rings. The first-order valence-corrected chi connectivity index (χ1v) is 5.82. The lowest BCUT2D eigenvalue weighted by Gasteiger charge is -2.09. The van der Waals surface area contributed by atoms with E-state index in [-0.39, 0.29) is 5.82 Å². The van der Waals surface area contributed by atoms with Crippen molar-refractivity contribution in [1.29, 1.82) is 0 Å². The van der Waals surface area contributed by atoms with E-state index < -0.39 is 31.6 Å². The summed E-state index contributed by atoms with van der Waals surface area (Å²) in [6, 6.07) is 0. The maximum atomic E-state index is 12.4. The Morgan fingerprint density at radius 2 is 1.93 bits per heavy atom. The van der Waals surface area contributed by atoms with Gasteiger partial charge in [-0.3, -0.25) is 0 Å². The number of alkyl halides is 2. The Morgan fingerprint density at radius 3 is 2.33 bits per heavy atom. The van der Waals surface area contributed by atoms with Crippen LogP contribution >= 0.6 is 10.7 Å². The minimum atomic E-state index is -4.38. The minimum Gasteiger partial charge on any atom is -0.395 e. The maximum absolute atomic E-state index is 12.4. The van der Waals surface area contributed by atoms with Crippen LogP contribution in [-0.2, 0) is 9.05 Å². The number of pyridine rings is 1. The average molecular weight is 258 g/mol. The first-order chi connectivity index (χ1) is 6.75. The molecule has 0 bridgehead atoms. The maximum Gasteiger partial charge on any atom is 0.266 e. The first-order valence-electron chi connectivity index (χ1n) is 3.51. The number of nitrogens with two attached hydrogens (primary N) is 2. The molecule has 0 aliphatic heterocycles. The molecule has 0 aliphatic carbocycles. The van der Waals surface area contributed by atoms with Gasteiger partial charge in [0.05, 0.1) is 11.3 Å². The first kappa shape index (κ1) is 11.9. The molecule has 0 radical (unpaired) electrons. The van der Waals surface area contributed by atoms with E-state index in [0.717, 1.165) is 0 Å². The molecular formula is C6H6ClF2N3O2S. The zero-order valence-corrected chi connectivity index (χ0v) is 8.69. The monoisotopic (exact) mass is 257 g/mol. The van der Waals surface area contributed by atoms with Crippen LogP contribution in [0.15, 0.2) is 11.1 Å². The Balaban J connectivity index is 3.65. The number of anilines is 2. The summed E-state index contributed by atoms with van der Waals surface area (Å²) in [5.41, 5.74) is 8.97. The Morgan fingerprint density at radius 1 is 1.40 bits per heavy atom. The second kappa shape index (κ2) is 3.78. The van der Waals surface area contributed by atoms with Crippen LogP contribution in [0.25, 0.3) is 0 Å². The van der Waals surface area contributed by atoms with Crippen molar-refractivity contribution in [2.45, 2.75) is 11.3 Å². The normalized spacial score (nSPS) is 12.0. The molecule has 1 rings (SSSR count). The Kier molecular flexibility index (Phi) is 3.00. The highest BCUT2D eigenvalue weighted by atomic mass is 35.7. The number of nitrogen functional groups attached to an aromatic ring is 2. The van der Waals surface area contributed by atoms with E-state index >= 15 is 0 Å². The summed E-state index contributed by atoms with van der Waals surface area (Å²) in [5.74, 6) is -0.362. The number of nitrogens with zero attached hydrogens (tertiary/aromatic N) is 1. The van der Waals surface area contributed by atoms with Gasteiger partial charge in [0.25, 0.3) is 15.5 Å². The summed E-state index contributed by atoms with van der Waals surface area (Å²) in [5, 5.41) is 0. The summed E-state index contributed by atoms with van der Waals surface area (Å²) in [4.78, 5) is 2.44. The van der Waals surface area contributed by atoms with Crippen LogP contribution < -0.4 is 11.5 Å². The zero-order valence-electron chi connectivity index (χ0n) is 7.12. The van der Waals surface area contributed by atoms with Crippen LogP contribution in [0.3, 0.4) is 0 Å². The summed E-state index contributed by atoms with van der Waals surface area (Å²) < 4.78 is 46.8. The average Bonchev–Trinajstić information content (AvgIpc) is 2.06. The van der Waals surface area contributed by atoms with Crippen LogP contribution in [0.5, 0.6) is 0 Å². The number of aromatic nitrogens is 1. The molecule has 1 aromatic heterocycles. The molecule has 9 heteroatoms. The molecule has 84 valence electrons. The lowest BCUT2D eigenvalue weighted by Crippen LogP contribution is -2.08. The van der Waals surface area contributed by atoms with E-state index in [1.165, 1.54) is 0 Å². The van der Waals surface area contributed by atoms with Crippen LogP contribution in [-0.4, -0.2) is 13.4 Å². The predicted octanol–water partition coefficient (Wildman–Crippen LogP) is 1.11. The van der Waals surface area contributed by atoms with Gasteiger partial charge in [-0.2, -0.15) is 0 Å². The summed E-state index contributed by atoms with van der Waals surface area (Å²) in [7, 11) is 0.576. The lowest BCUT2D eigenvalue weighted by molar-refractivity contribution is 0.147. The number of hydrogen-bond donors (Lipinski definition) is 2.